The van der Waals surface area contributed by atoms with Gasteiger partial charge in [-0.05, 0) is 24.6 Å². The first-order valence-electron chi connectivity index (χ1n) is 8.83. The van der Waals surface area contributed by atoms with Crippen molar-refractivity contribution in [3.8, 4) is 0 Å². The van der Waals surface area contributed by atoms with Crippen molar-refractivity contribution in [1.29, 1.82) is 0 Å². The van der Waals surface area contributed by atoms with Crippen molar-refractivity contribution in [1.82, 2.24) is 19.9 Å². The number of aromatic nitrogens is 3. The minimum Gasteiger partial charge on any atom is -0.349 e. The average Bonchev–Trinajstić information content (AvgIpc) is 3.20. The van der Waals surface area contributed by atoms with Gasteiger partial charge < -0.3 is 14.9 Å². The zero-order chi connectivity index (χ0) is 20.9. The van der Waals surface area contributed by atoms with E-state index in [1.807, 2.05) is 0 Å². The maximum atomic E-state index is 12.7. The highest BCUT2D eigenvalue weighted by Crippen LogP contribution is 2.10. The van der Waals surface area contributed by atoms with E-state index in [0.717, 1.165) is 5.69 Å². The van der Waals surface area contributed by atoms with Gasteiger partial charge in [-0.2, -0.15) is 0 Å². The quantitative estimate of drug-likeness (QED) is 0.509. The Balaban J connectivity index is 1.72. The molecule has 0 fully saturated rings. The molecule has 3 aromatic rings. The largest absolute Gasteiger partial charge is 0.349 e. The summed E-state index contributed by atoms with van der Waals surface area (Å²) in [5.74, 6) is -0.639. The number of pyridine rings is 1. The topological polar surface area (TPSA) is 126 Å². The third kappa shape index (κ3) is 5.55. The number of benzene rings is 1. The van der Waals surface area contributed by atoms with E-state index in [-0.39, 0.29) is 30.4 Å². The summed E-state index contributed by atoms with van der Waals surface area (Å²) in [6, 6.07) is 11.6. The Kier molecular flexibility index (Phi) is 6.13. The van der Waals surface area contributed by atoms with E-state index >= 15 is 0 Å². The molecule has 0 saturated carbocycles. The van der Waals surface area contributed by atoms with Crippen molar-refractivity contribution in [2.75, 3.05) is 4.72 Å². The number of amides is 1. The summed E-state index contributed by atoms with van der Waals surface area (Å²) in [5, 5.41) is 2.68. The maximum absolute atomic E-state index is 12.7. The molecule has 0 radical (unpaired) electrons. The molecule has 152 valence electrons. The Bertz CT molecular complexity index is 1140. The number of anilines is 1. The first kappa shape index (κ1) is 20.3. The van der Waals surface area contributed by atoms with Crippen LogP contribution in [0.5, 0.6) is 0 Å². The normalized spacial score (nSPS) is 11.2. The first-order chi connectivity index (χ1) is 13.8. The molecule has 3 rings (SSSR count). The summed E-state index contributed by atoms with van der Waals surface area (Å²) in [5.41, 5.74) is 1.18. The van der Waals surface area contributed by atoms with Crippen molar-refractivity contribution in [2.45, 2.75) is 25.8 Å². The molecule has 0 spiro atoms. The van der Waals surface area contributed by atoms with Crippen molar-refractivity contribution < 1.29 is 13.2 Å². The van der Waals surface area contributed by atoms with Gasteiger partial charge in [-0.25, -0.2) is 13.4 Å². The Labute approximate surface area is 167 Å². The van der Waals surface area contributed by atoms with Crippen LogP contribution in [-0.4, -0.2) is 28.9 Å². The fraction of sp³-hybridized carbons (Fsp3) is 0.211. The molecular formula is C19H21N5O4S. The number of hydrogen-bond acceptors (Lipinski definition) is 5. The summed E-state index contributed by atoms with van der Waals surface area (Å²) in [6.45, 7) is 1.69. The van der Waals surface area contributed by atoms with Crippen LogP contribution in [0.15, 0.2) is 59.8 Å². The molecule has 0 saturated heterocycles. The molecule has 9 nitrogen and oxygen atoms in total. The van der Waals surface area contributed by atoms with Crippen LogP contribution in [0.4, 0.5) is 5.69 Å². The minimum atomic E-state index is -3.78. The Morgan fingerprint density at radius 1 is 1.17 bits per heavy atom. The molecule has 2 aromatic heterocycles. The third-order valence-electron chi connectivity index (χ3n) is 4.19. The van der Waals surface area contributed by atoms with Crippen molar-refractivity contribution in [2.24, 2.45) is 0 Å². The molecule has 0 aliphatic heterocycles. The summed E-state index contributed by atoms with van der Waals surface area (Å²) in [7, 11) is -3.78. The van der Waals surface area contributed by atoms with Gasteiger partial charge in [0, 0.05) is 11.9 Å². The van der Waals surface area contributed by atoms with Gasteiger partial charge in [-0.3, -0.25) is 14.3 Å². The molecular weight excluding hydrogens is 394 g/mol. The highest BCUT2D eigenvalue weighted by Gasteiger charge is 2.16. The van der Waals surface area contributed by atoms with E-state index in [9.17, 15) is 18.0 Å². The van der Waals surface area contributed by atoms with Crippen LogP contribution in [0.25, 0.3) is 0 Å². The Morgan fingerprint density at radius 3 is 2.62 bits per heavy atom. The fourth-order valence-electron chi connectivity index (χ4n) is 2.72. The van der Waals surface area contributed by atoms with Gasteiger partial charge in [0.1, 0.15) is 12.2 Å². The van der Waals surface area contributed by atoms with Crippen LogP contribution < -0.4 is 15.6 Å². The van der Waals surface area contributed by atoms with E-state index in [1.165, 1.54) is 17.0 Å². The molecule has 0 aliphatic carbocycles. The van der Waals surface area contributed by atoms with Crippen LogP contribution in [0.3, 0.4) is 0 Å². The molecule has 0 atom stereocenters. The van der Waals surface area contributed by atoms with Crippen LogP contribution in [0.1, 0.15) is 17.0 Å². The Morgan fingerprint density at radius 2 is 1.93 bits per heavy atom. The van der Waals surface area contributed by atoms with E-state index < -0.39 is 15.6 Å². The number of rotatable bonds is 8. The molecule has 0 aliphatic rings. The fourth-order valence-corrected chi connectivity index (χ4v) is 3.91. The van der Waals surface area contributed by atoms with Crippen molar-refractivity contribution in [3.05, 3.63) is 82.3 Å². The minimum absolute atomic E-state index is 0.104. The van der Waals surface area contributed by atoms with Gasteiger partial charge in [0.15, 0.2) is 0 Å². The van der Waals surface area contributed by atoms with Gasteiger partial charge in [0.25, 0.3) is 5.56 Å². The number of nitrogens with one attached hydrogen (secondary N) is 3. The van der Waals surface area contributed by atoms with Gasteiger partial charge >= 0.3 is 0 Å². The smallest absolute Gasteiger partial charge is 0.275 e. The van der Waals surface area contributed by atoms with Crippen LogP contribution >= 0.6 is 0 Å². The van der Waals surface area contributed by atoms with E-state index in [0.29, 0.717) is 11.3 Å². The zero-order valence-electron chi connectivity index (χ0n) is 15.8. The molecule has 29 heavy (non-hydrogen) atoms. The molecule has 10 heteroatoms. The van der Waals surface area contributed by atoms with E-state index in [2.05, 4.69) is 20.0 Å². The molecule has 1 amide bonds. The van der Waals surface area contributed by atoms with Crippen molar-refractivity contribution in [3.63, 3.8) is 0 Å². The highest BCUT2D eigenvalue weighted by atomic mass is 32.2. The predicted molar refractivity (Wildman–Crippen MR) is 109 cm³/mol. The van der Waals surface area contributed by atoms with Crippen LogP contribution in [0.2, 0.25) is 0 Å². The Hall–Kier alpha value is -3.40. The van der Waals surface area contributed by atoms with Crippen LogP contribution in [0, 0.1) is 6.92 Å². The van der Waals surface area contributed by atoms with E-state index in [1.54, 1.807) is 49.5 Å². The molecule has 1 aromatic carbocycles. The maximum Gasteiger partial charge on any atom is 0.275 e. The summed E-state index contributed by atoms with van der Waals surface area (Å²) >= 11 is 0. The average molecular weight is 415 g/mol. The number of aryl methyl sites for hydroxylation is 1. The van der Waals surface area contributed by atoms with Gasteiger partial charge in [0.05, 0.1) is 24.3 Å². The van der Waals surface area contributed by atoms with Gasteiger partial charge in [-0.1, -0.05) is 30.3 Å². The lowest BCUT2D eigenvalue weighted by Gasteiger charge is -2.13. The van der Waals surface area contributed by atoms with Crippen LogP contribution in [-0.2, 0) is 33.7 Å². The predicted octanol–water partition coefficient (Wildman–Crippen LogP) is 1.14. The lowest BCUT2D eigenvalue weighted by molar-refractivity contribution is -0.121. The standard InChI is InChI=1S/C19H21N5O4S/c1-14-7-8-17(23-29(27,28)12-15-5-3-2-4-6-15)19(26)24(14)11-18(25)21-10-16-9-20-13-22-16/h2-9,13,23H,10-12H2,1H3,(H,20,22)(H,21,25). The second kappa shape index (κ2) is 8.74. The number of carbonyl (C=O) groups excluding carboxylic acids is 1. The molecule has 0 unspecified atom stereocenters. The first-order valence-corrected chi connectivity index (χ1v) is 10.5. The van der Waals surface area contributed by atoms with Gasteiger partial charge in [0.2, 0.25) is 15.9 Å². The number of sulfonamides is 1. The van der Waals surface area contributed by atoms with Crippen molar-refractivity contribution >= 4 is 21.6 Å². The zero-order valence-corrected chi connectivity index (χ0v) is 16.6. The number of hydrogen-bond donors (Lipinski definition) is 3. The highest BCUT2D eigenvalue weighted by molar-refractivity contribution is 7.91. The SMILES string of the molecule is Cc1ccc(NS(=O)(=O)Cc2ccccc2)c(=O)n1CC(=O)NCc1cnc[nH]1. The molecule has 2 heterocycles. The summed E-state index contributed by atoms with van der Waals surface area (Å²) in [4.78, 5) is 31.7. The second-order valence-electron chi connectivity index (χ2n) is 6.48. The van der Waals surface area contributed by atoms with Gasteiger partial charge in [-0.15, -0.1) is 0 Å². The molecule has 0 bridgehead atoms. The number of imidazole rings is 1. The number of H-pyrrole nitrogens is 1. The lowest BCUT2D eigenvalue weighted by Crippen LogP contribution is -2.34. The molecule has 3 N–H and O–H groups in total. The number of carbonyl (C=O) groups is 1. The second-order valence-corrected chi connectivity index (χ2v) is 8.20. The summed E-state index contributed by atoms with van der Waals surface area (Å²) < 4.78 is 28.4. The monoisotopic (exact) mass is 415 g/mol. The third-order valence-corrected chi connectivity index (χ3v) is 5.43. The number of nitrogens with zero attached hydrogens (tertiary/aromatic N) is 2. The number of aromatic amines is 1. The van der Waals surface area contributed by atoms with E-state index in [4.69, 9.17) is 0 Å². The lowest BCUT2D eigenvalue weighted by atomic mass is 10.2. The summed E-state index contributed by atoms with van der Waals surface area (Å²) in [6.07, 6.45) is 3.08.